The zero-order valence-corrected chi connectivity index (χ0v) is 13.1. The van der Waals surface area contributed by atoms with Crippen molar-refractivity contribution < 1.29 is 18.7 Å². The van der Waals surface area contributed by atoms with Crippen LogP contribution in [0.15, 0.2) is 34.9 Å². The van der Waals surface area contributed by atoms with Crippen molar-refractivity contribution in [3.63, 3.8) is 0 Å². The Kier molecular flexibility index (Phi) is 5.68. The molecule has 0 fully saturated rings. The average Bonchev–Trinajstić information content (AvgIpc) is 3.01. The summed E-state index contributed by atoms with van der Waals surface area (Å²) < 4.78 is 15.5. The first kappa shape index (κ1) is 16.2. The minimum absolute atomic E-state index is 0.134. The van der Waals surface area contributed by atoms with Crippen molar-refractivity contribution >= 4 is 23.2 Å². The number of ether oxygens (including phenoxy) is 2. The fraction of sp³-hybridized carbons (Fsp3) is 0.267. The molecule has 0 saturated heterocycles. The first-order valence-electron chi connectivity index (χ1n) is 6.58. The van der Waals surface area contributed by atoms with Gasteiger partial charge in [0, 0.05) is 12.1 Å². The number of carbonyl (C=O) groups is 1. The average molecular weight is 325 g/mol. The zero-order chi connectivity index (χ0) is 15.9. The van der Waals surface area contributed by atoms with Crippen LogP contribution < -0.4 is 20.1 Å². The van der Waals surface area contributed by atoms with Crippen LogP contribution in [0, 0.1) is 0 Å². The summed E-state index contributed by atoms with van der Waals surface area (Å²) in [6.45, 7) is 0.607. The summed E-state index contributed by atoms with van der Waals surface area (Å²) in [6.07, 6.45) is 1.59. The molecular weight excluding hydrogens is 308 g/mol. The number of carbonyl (C=O) groups excluding carboxylic acids is 1. The van der Waals surface area contributed by atoms with Crippen molar-refractivity contribution in [3.8, 4) is 11.5 Å². The monoisotopic (exact) mass is 324 g/mol. The van der Waals surface area contributed by atoms with Gasteiger partial charge in [-0.15, -0.1) is 0 Å². The number of amides is 1. The molecule has 1 aromatic heterocycles. The summed E-state index contributed by atoms with van der Waals surface area (Å²) in [4.78, 5) is 12.0. The van der Waals surface area contributed by atoms with Gasteiger partial charge in [0.2, 0.25) is 5.91 Å². The molecule has 118 valence electrons. The van der Waals surface area contributed by atoms with Crippen LogP contribution in [0.5, 0.6) is 11.5 Å². The molecule has 7 heteroatoms. The Morgan fingerprint density at radius 2 is 2.05 bits per heavy atom. The first-order valence-corrected chi connectivity index (χ1v) is 6.96. The van der Waals surface area contributed by atoms with E-state index in [1.165, 1.54) is 14.2 Å². The van der Waals surface area contributed by atoms with E-state index < -0.39 is 0 Å². The molecule has 0 aliphatic heterocycles. The van der Waals surface area contributed by atoms with Crippen LogP contribution in [0.1, 0.15) is 5.76 Å². The molecule has 1 heterocycles. The molecule has 0 bridgehead atoms. The maximum atomic E-state index is 12.0. The van der Waals surface area contributed by atoms with E-state index in [0.29, 0.717) is 28.8 Å². The number of benzene rings is 1. The molecule has 0 radical (unpaired) electrons. The molecule has 2 N–H and O–H groups in total. The number of nitrogens with one attached hydrogen (secondary N) is 2. The molecule has 0 aliphatic carbocycles. The van der Waals surface area contributed by atoms with Gasteiger partial charge in [-0.05, 0) is 12.1 Å². The second-order valence-corrected chi connectivity index (χ2v) is 4.83. The number of rotatable bonds is 7. The van der Waals surface area contributed by atoms with Crippen molar-refractivity contribution in [1.82, 2.24) is 5.32 Å². The highest BCUT2D eigenvalue weighted by molar-refractivity contribution is 6.32. The van der Waals surface area contributed by atoms with E-state index in [-0.39, 0.29) is 12.5 Å². The van der Waals surface area contributed by atoms with Gasteiger partial charge in [0.1, 0.15) is 17.3 Å². The third kappa shape index (κ3) is 4.16. The lowest BCUT2D eigenvalue weighted by atomic mass is 10.2. The highest BCUT2D eigenvalue weighted by Crippen LogP contribution is 2.35. The van der Waals surface area contributed by atoms with E-state index in [1.807, 2.05) is 6.07 Å². The van der Waals surface area contributed by atoms with Crippen LogP contribution in [0.3, 0.4) is 0 Å². The SMILES string of the molecule is COc1cc(NC(=O)CNCc2ccco2)c(OC)cc1Cl. The number of hydrogen-bond acceptors (Lipinski definition) is 5. The predicted octanol–water partition coefficient (Wildman–Crippen LogP) is 2.68. The third-order valence-corrected chi connectivity index (χ3v) is 3.21. The molecule has 0 spiro atoms. The van der Waals surface area contributed by atoms with Gasteiger partial charge >= 0.3 is 0 Å². The molecule has 2 aromatic rings. The largest absolute Gasteiger partial charge is 0.495 e. The number of methoxy groups -OCH3 is 2. The zero-order valence-electron chi connectivity index (χ0n) is 12.3. The van der Waals surface area contributed by atoms with Gasteiger partial charge in [-0.3, -0.25) is 4.79 Å². The van der Waals surface area contributed by atoms with E-state index in [9.17, 15) is 4.79 Å². The van der Waals surface area contributed by atoms with Crippen molar-refractivity contribution in [2.45, 2.75) is 6.54 Å². The lowest BCUT2D eigenvalue weighted by molar-refractivity contribution is -0.115. The quantitative estimate of drug-likeness (QED) is 0.819. The summed E-state index contributed by atoms with van der Waals surface area (Å²) in [5.74, 6) is 1.47. The Morgan fingerprint density at radius 1 is 1.27 bits per heavy atom. The van der Waals surface area contributed by atoms with Crippen LogP contribution >= 0.6 is 11.6 Å². The van der Waals surface area contributed by atoms with Crippen LogP contribution in [0.25, 0.3) is 0 Å². The second kappa shape index (κ2) is 7.72. The summed E-state index contributed by atoms with van der Waals surface area (Å²) in [7, 11) is 3.01. The highest BCUT2D eigenvalue weighted by atomic mass is 35.5. The second-order valence-electron chi connectivity index (χ2n) is 4.42. The smallest absolute Gasteiger partial charge is 0.238 e. The molecule has 0 saturated carbocycles. The number of furan rings is 1. The predicted molar refractivity (Wildman–Crippen MR) is 83.6 cm³/mol. The number of hydrogen-bond donors (Lipinski definition) is 2. The van der Waals surface area contributed by atoms with E-state index in [0.717, 1.165) is 5.76 Å². The maximum absolute atomic E-state index is 12.0. The van der Waals surface area contributed by atoms with Gasteiger partial charge in [0.25, 0.3) is 0 Å². The Bertz CT molecular complexity index is 629. The Hall–Kier alpha value is -2.18. The molecule has 0 atom stereocenters. The maximum Gasteiger partial charge on any atom is 0.238 e. The Morgan fingerprint density at radius 3 is 2.68 bits per heavy atom. The normalized spacial score (nSPS) is 10.3. The van der Waals surface area contributed by atoms with E-state index in [1.54, 1.807) is 24.5 Å². The molecule has 22 heavy (non-hydrogen) atoms. The lowest BCUT2D eigenvalue weighted by Crippen LogP contribution is -2.27. The molecular formula is C15H17ClN2O4. The van der Waals surface area contributed by atoms with Crippen molar-refractivity contribution in [3.05, 3.63) is 41.3 Å². The van der Waals surface area contributed by atoms with Gasteiger partial charge in [-0.25, -0.2) is 0 Å². The fourth-order valence-corrected chi connectivity index (χ4v) is 2.10. The molecule has 0 unspecified atom stereocenters. The van der Waals surface area contributed by atoms with Crippen LogP contribution in [-0.4, -0.2) is 26.7 Å². The fourth-order valence-electron chi connectivity index (χ4n) is 1.86. The van der Waals surface area contributed by atoms with Crippen LogP contribution in [0.2, 0.25) is 5.02 Å². The topological polar surface area (TPSA) is 72.7 Å². The van der Waals surface area contributed by atoms with Gasteiger partial charge in [0.15, 0.2) is 0 Å². The van der Waals surface area contributed by atoms with Gasteiger partial charge in [-0.2, -0.15) is 0 Å². The summed E-state index contributed by atoms with van der Waals surface area (Å²) in [5, 5.41) is 6.14. The van der Waals surface area contributed by atoms with Crippen molar-refractivity contribution in [1.29, 1.82) is 0 Å². The molecule has 1 amide bonds. The Balaban J connectivity index is 1.95. The highest BCUT2D eigenvalue weighted by Gasteiger charge is 2.12. The van der Waals surface area contributed by atoms with E-state index >= 15 is 0 Å². The summed E-state index contributed by atoms with van der Waals surface area (Å²) in [6, 6.07) is 6.83. The third-order valence-electron chi connectivity index (χ3n) is 2.91. The van der Waals surface area contributed by atoms with Crippen molar-refractivity contribution in [2.75, 3.05) is 26.1 Å². The molecule has 0 aliphatic rings. The molecule has 6 nitrogen and oxygen atoms in total. The van der Waals surface area contributed by atoms with Crippen molar-refractivity contribution in [2.24, 2.45) is 0 Å². The van der Waals surface area contributed by atoms with Gasteiger partial charge in [-0.1, -0.05) is 11.6 Å². The Labute approximate surface area is 133 Å². The van der Waals surface area contributed by atoms with E-state index in [4.69, 9.17) is 25.5 Å². The van der Waals surface area contributed by atoms with Gasteiger partial charge < -0.3 is 24.5 Å². The standard InChI is InChI=1S/C15H17ClN2O4/c1-20-13-7-12(14(21-2)6-11(13)16)18-15(19)9-17-8-10-4-3-5-22-10/h3-7,17H,8-9H2,1-2H3,(H,18,19). The molecule has 2 rings (SSSR count). The number of halogens is 1. The van der Waals surface area contributed by atoms with Gasteiger partial charge in [0.05, 0.1) is 44.3 Å². The number of anilines is 1. The summed E-state index contributed by atoms with van der Waals surface area (Å²) in [5.41, 5.74) is 0.494. The minimum Gasteiger partial charge on any atom is -0.495 e. The lowest BCUT2D eigenvalue weighted by Gasteiger charge is -2.13. The van der Waals surface area contributed by atoms with Crippen LogP contribution in [-0.2, 0) is 11.3 Å². The first-order chi connectivity index (χ1) is 10.6. The van der Waals surface area contributed by atoms with E-state index in [2.05, 4.69) is 10.6 Å². The van der Waals surface area contributed by atoms with Crippen LogP contribution in [0.4, 0.5) is 5.69 Å². The molecule has 1 aromatic carbocycles. The minimum atomic E-state index is -0.214. The summed E-state index contributed by atoms with van der Waals surface area (Å²) >= 11 is 6.02.